The van der Waals surface area contributed by atoms with Gasteiger partial charge in [0, 0.05) is 12.6 Å². The van der Waals surface area contributed by atoms with Crippen LogP contribution in [0.25, 0.3) is 0 Å². The van der Waals surface area contributed by atoms with E-state index in [0.717, 1.165) is 6.42 Å². The van der Waals surface area contributed by atoms with Crippen molar-refractivity contribution in [2.24, 2.45) is 0 Å². The van der Waals surface area contributed by atoms with E-state index in [1.165, 1.54) is 25.7 Å². The van der Waals surface area contributed by atoms with E-state index >= 15 is 0 Å². The summed E-state index contributed by atoms with van der Waals surface area (Å²) in [6, 6.07) is 2.73. The second-order valence-corrected chi connectivity index (χ2v) is 4.09. The maximum atomic E-state index is 9.56. The average molecular weight is 196 g/mol. The van der Waals surface area contributed by atoms with Crippen molar-refractivity contribution in [3.8, 4) is 6.07 Å². The number of nitrogens with zero attached hydrogens (tertiary/aromatic N) is 2. The summed E-state index contributed by atoms with van der Waals surface area (Å²) >= 11 is 0. The summed E-state index contributed by atoms with van der Waals surface area (Å²) in [5.41, 5.74) is 0. The van der Waals surface area contributed by atoms with Crippen molar-refractivity contribution >= 4 is 0 Å². The van der Waals surface area contributed by atoms with Gasteiger partial charge in [0.1, 0.15) is 0 Å². The molecule has 80 valence electrons. The van der Waals surface area contributed by atoms with E-state index in [4.69, 9.17) is 5.26 Å². The maximum absolute atomic E-state index is 9.56. The Morgan fingerprint density at radius 1 is 1.50 bits per heavy atom. The number of hydrogen-bond acceptors (Lipinski definition) is 3. The molecule has 1 atom stereocenters. The first kappa shape index (κ1) is 11.5. The molecule has 0 spiro atoms. The van der Waals surface area contributed by atoms with Crippen LogP contribution >= 0.6 is 0 Å². The molecule has 0 saturated heterocycles. The highest BCUT2D eigenvalue weighted by molar-refractivity contribution is 4.85. The molecule has 0 amide bonds. The fourth-order valence-corrected chi connectivity index (χ4v) is 2.10. The molecule has 0 aromatic carbocycles. The quantitative estimate of drug-likeness (QED) is 0.678. The monoisotopic (exact) mass is 196 g/mol. The molecule has 1 aliphatic rings. The van der Waals surface area contributed by atoms with E-state index < -0.39 is 0 Å². The Labute approximate surface area is 86.3 Å². The van der Waals surface area contributed by atoms with E-state index in [1.54, 1.807) is 0 Å². The van der Waals surface area contributed by atoms with E-state index in [0.29, 0.717) is 19.1 Å². The van der Waals surface area contributed by atoms with E-state index in [9.17, 15) is 5.11 Å². The Bertz CT molecular complexity index is 194. The highest BCUT2D eigenvalue weighted by Crippen LogP contribution is 2.23. The highest BCUT2D eigenvalue weighted by atomic mass is 16.3. The molecule has 0 radical (unpaired) electrons. The molecule has 14 heavy (non-hydrogen) atoms. The molecular formula is C11H20N2O. The minimum absolute atomic E-state index is 0.274. The topological polar surface area (TPSA) is 47.3 Å². The lowest BCUT2D eigenvalue weighted by Gasteiger charge is -2.27. The average Bonchev–Trinajstić information content (AvgIpc) is 2.69. The highest BCUT2D eigenvalue weighted by Gasteiger charge is 2.23. The molecule has 1 aliphatic carbocycles. The smallest absolute Gasteiger partial charge is 0.0869 e. The van der Waals surface area contributed by atoms with Crippen LogP contribution in [0.3, 0.4) is 0 Å². The lowest BCUT2D eigenvalue weighted by atomic mass is 10.1. The van der Waals surface area contributed by atoms with Gasteiger partial charge >= 0.3 is 0 Å². The summed E-state index contributed by atoms with van der Waals surface area (Å²) in [4.78, 5) is 2.14. The zero-order valence-corrected chi connectivity index (χ0v) is 8.95. The lowest BCUT2D eigenvalue weighted by Crippen LogP contribution is -2.39. The Morgan fingerprint density at radius 3 is 2.64 bits per heavy atom. The van der Waals surface area contributed by atoms with Gasteiger partial charge in [0.2, 0.25) is 0 Å². The Balaban J connectivity index is 2.41. The van der Waals surface area contributed by atoms with Crippen molar-refractivity contribution < 1.29 is 5.11 Å². The fourth-order valence-electron chi connectivity index (χ4n) is 2.10. The summed E-state index contributed by atoms with van der Waals surface area (Å²) in [6.45, 7) is 3.10. The molecule has 1 saturated carbocycles. The van der Waals surface area contributed by atoms with Gasteiger partial charge in [0.15, 0.2) is 0 Å². The summed E-state index contributed by atoms with van der Waals surface area (Å²) in [5, 5.41) is 18.3. The number of hydrogen-bond donors (Lipinski definition) is 1. The summed E-state index contributed by atoms with van der Waals surface area (Å²) < 4.78 is 0. The fraction of sp³-hybridized carbons (Fsp3) is 0.909. The summed E-state index contributed by atoms with van der Waals surface area (Å²) in [6.07, 6.45) is 5.43. The van der Waals surface area contributed by atoms with E-state index in [2.05, 4.69) is 11.0 Å². The van der Waals surface area contributed by atoms with Crippen LogP contribution in [0.15, 0.2) is 0 Å². The van der Waals surface area contributed by atoms with Crippen molar-refractivity contribution in [1.82, 2.24) is 4.90 Å². The molecule has 0 aliphatic heterocycles. The molecule has 1 fully saturated rings. The van der Waals surface area contributed by atoms with Crippen molar-refractivity contribution in [2.75, 3.05) is 13.1 Å². The molecule has 0 aromatic rings. The number of nitriles is 1. The summed E-state index contributed by atoms with van der Waals surface area (Å²) in [7, 11) is 0. The molecule has 1 rings (SSSR count). The third-order valence-corrected chi connectivity index (χ3v) is 3.03. The van der Waals surface area contributed by atoms with E-state index in [1.807, 2.05) is 6.92 Å². The van der Waals surface area contributed by atoms with Crippen LogP contribution in [0.4, 0.5) is 0 Å². The Morgan fingerprint density at radius 2 is 2.14 bits per heavy atom. The SMILES string of the molecule is CCC(O)CN(CC#N)C1CCCC1. The van der Waals surface area contributed by atoms with Gasteiger partial charge < -0.3 is 5.11 Å². The lowest BCUT2D eigenvalue weighted by molar-refractivity contribution is 0.0939. The predicted molar refractivity (Wildman–Crippen MR) is 55.7 cm³/mol. The van der Waals surface area contributed by atoms with Gasteiger partial charge in [-0.3, -0.25) is 4.90 Å². The minimum atomic E-state index is -0.274. The van der Waals surface area contributed by atoms with Crippen LogP contribution in [0.5, 0.6) is 0 Å². The largest absolute Gasteiger partial charge is 0.392 e. The van der Waals surface area contributed by atoms with Crippen molar-refractivity contribution in [2.45, 2.75) is 51.2 Å². The zero-order valence-electron chi connectivity index (χ0n) is 8.95. The van der Waals surface area contributed by atoms with Crippen LogP contribution in [0.2, 0.25) is 0 Å². The number of rotatable bonds is 5. The van der Waals surface area contributed by atoms with Crippen molar-refractivity contribution in [3.63, 3.8) is 0 Å². The minimum Gasteiger partial charge on any atom is -0.392 e. The van der Waals surface area contributed by atoms with Gasteiger partial charge in [-0.25, -0.2) is 0 Å². The first-order valence-corrected chi connectivity index (χ1v) is 5.57. The number of aliphatic hydroxyl groups is 1. The molecule has 0 bridgehead atoms. The third kappa shape index (κ3) is 3.28. The van der Waals surface area contributed by atoms with Gasteiger partial charge in [-0.1, -0.05) is 19.8 Å². The van der Waals surface area contributed by atoms with Crippen LogP contribution in [-0.4, -0.2) is 35.2 Å². The van der Waals surface area contributed by atoms with Crippen LogP contribution < -0.4 is 0 Å². The first-order valence-electron chi connectivity index (χ1n) is 5.57. The molecule has 0 aromatic heterocycles. The Kier molecular flexibility index (Phi) is 4.92. The molecule has 1 unspecified atom stereocenters. The molecular weight excluding hydrogens is 176 g/mol. The van der Waals surface area contributed by atoms with Crippen LogP contribution in [0, 0.1) is 11.3 Å². The standard InChI is InChI=1S/C11H20N2O/c1-2-11(14)9-13(8-7-12)10-5-3-4-6-10/h10-11,14H,2-6,8-9H2,1H3. The zero-order chi connectivity index (χ0) is 10.4. The normalized spacial score (nSPS) is 19.9. The third-order valence-electron chi connectivity index (χ3n) is 3.03. The predicted octanol–water partition coefficient (Wildman–Crippen LogP) is 1.53. The van der Waals surface area contributed by atoms with Gasteiger partial charge in [-0.05, 0) is 19.3 Å². The molecule has 1 N–H and O–H groups in total. The summed E-state index contributed by atoms with van der Waals surface area (Å²) in [5.74, 6) is 0. The second-order valence-electron chi connectivity index (χ2n) is 4.09. The van der Waals surface area contributed by atoms with Crippen LogP contribution in [0.1, 0.15) is 39.0 Å². The van der Waals surface area contributed by atoms with Gasteiger partial charge in [-0.15, -0.1) is 0 Å². The van der Waals surface area contributed by atoms with Gasteiger partial charge in [0.25, 0.3) is 0 Å². The van der Waals surface area contributed by atoms with Gasteiger partial charge in [-0.2, -0.15) is 5.26 Å². The second kappa shape index (κ2) is 6.00. The van der Waals surface area contributed by atoms with Gasteiger partial charge in [0.05, 0.1) is 18.7 Å². The Hall–Kier alpha value is -0.590. The van der Waals surface area contributed by atoms with Crippen molar-refractivity contribution in [1.29, 1.82) is 5.26 Å². The van der Waals surface area contributed by atoms with Crippen molar-refractivity contribution in [3.05, 3.63) is 0 Å². The molecule has 0 heterocycles. The molecule has 3 heteroatoms. The van der Waals surface area contributed by atoms with Crippen LogP contribution in [-0.2, 0) is 0 Å². The maximum Gasteiger partial charge on any atom is 0.0869 e. The first-order chi connectivity index (χ1) is 6.77. The number of aliphatic hydroxyl groups excluding tert-OH is 1. The van der Waals surface area contributed by atoms with E-state index in [-0.39, 0.29) is 6.10 Å². The molecule has 3 nitrogen and oxygen atoms in total.